The number of Topliss-reactive ketones (excluding diaryl/α,β-unsaturated/α-hetero) is 1. The Hall–Kier alpha value is -2.21. The number of esters is 1. The summed E-state index contributed by atoms with van der Waals surface area (Å²) in [5.74, 6) is -1.04. The fourth-order valence-electron chi connectivity index (χ4n) is 2.06. The SMILES string of the molecule is CCC(ONC(=O)c1ccc(C(=O)C(C)(C)C)cc1)C(=O)OC(C)(C)C. The average Bonchev–Trinajstić information content (AvgIpc) is 2.52. The molecule has 144 valence electrons. The molecule has 1 unspecified atom stereocenters. The highest BCUT2D eigenvalue weighted by Gasteiger charge is 2.26. The van der Waals surface area contributed by atoms with Gasteiger partial charge >= 0.3 is 5.97 Å². The molecule has 0 bridgehead atoms. The van der Waals surface area contributed by atoms with E-state index in [9.17, 15) is 14.4 Å². The number of ether oxygens (including phenoxy) is 1. The van der Waals surface area contributed by atoms with Crippen LogP contribution in [0.25, 0.3) is 0 Å². The van der Waals surface area contributed by atoms with Crippen molar-refractivity contribution in [3.05, 3.63) is 35.4 Å². The van der Waals surface area contributed by atoms with Crippen LogP contribution in [-0.2, 0) is 14.4 Å². The minimum absolute atomic E-state index is 0.00307. The minimum atomic E-state index is -0.889. The van der Waals surface area contributed by atoms with E-state index in [1.54, 1.807) is 52.0 Å². The molecule has 0 saturated heterocycles. The van der Waals surface area contributed by atoms with Gasteiger partial charge in [-0.25, -0.2) is 10.3 Å². The van der Waals surface area contributed by atoms with Crippen molar-refractivity contribution in [3.63, 3.8) is 0 Å². The number of amides is 1. The third-order valence-electron chi connectivity index (χ3n) is 3.42. The summed E-state index contributed by atoms with van der Waals surface area (Å²) in [7, 11) is 0. The van der Waals surface area contributed by atoms with Gasteiger partial charge in [0.1, 0.15) is 5.60 Å². The molecule has 1 rings (SSSR count). The van der Waals surface area contributed by atoms with Crippen LogP contribution in [0.5, 0.6) is 0 Å². The maximum Gasteiger partial charge on any atom is 0.338 e. The number of benzene rings is 1. The molecule has 1 N–H and O–H groups in total. The van der Waals surface area contributed by atoms with Crippen molar-refractivity contribution in [3.8, 4) is 0 Å². The number of carbonyl (C=O) groups is 3. The number of hydrogen-bond donors (Lipinski definition) is 1. The Kier molecular flexibility index (Phi) is 7.09. The van der Waals surface area contributed by atoms with Gasteiger partial charge in [-0.05, 0) is 39.3 Å². The van der Waals surface area contributed by atoms with Crippen LogP contribution in [0.15, 0.2) is 24.3 Å². The summed E-state index contributed by atoms with van der Waals surface area (Å²) >= 11 is 0. The Morgan fingerprint density at radius 3 is 1.88 bits per heavy atom. The fourth-order valence-corrected chi connectivity index (χ4v) is 2.06. The molecule has 0 aromatic heterocycles. The zero-order valence-corrected chi connectivity index (χ0v) is 16.6. The second-order valence-corrected chi connectivity index (χ2v) is 8.14. The predicted octanol–water partition coefficient (Wildman–Crippen LogP) is 3.70. The molecular formula is C20H29NO5. The molecule has 1 atom stereocenters. The molecular weight excluding hydrogens is 334 g/mol. The average molecular weight is 363 g/mol. The first-order valence-corrected chi connectivity index (χ1v) is 8.69. The lowest BCUT2D eigenvalue weighted by Gasteiger charge is -2.23. The van der Waals surface area contributed by atoms with E-state index in [1.807, 2.05) is 20.8 Å². The lowest BCUT2D eigenvalue weighted by molar-refractivity contribution is -0.172. The van der Waals surface area contributed by atoms with Crippen molar-refractivity contribution in [1.29, 1.82) is 0 Å². The van der Waals surface area contributed by atoms with Crippen LogP contribution in [0.2, 0.25) is 0 Å². The van der Waals surface area contributed by atoms with Crippen molar-refractivity contribution in [2.45, 2.75) is 66.6 Å². The van der Waals surface area contributed by atoms with Gasteiger partial charge < -0.3 is 4.74 Å². The number of ketones is 1. The predicted molar refractivity (Wildman–Crippen MR) is 98.7 cm³/mol. The topological polar surface area (TPSA) is 81.7 Å². The second-order valence-electron chi connectivity index (χ2n) is 8.14. The van der Waals surface area contributed by atoms with E-state index in [1.165, 1.54) is 0 Å². The van der Waals surface area contributed by atoms with Crippen LogP contribution in [-0.4, -0.2) is 29.4 Å². The molecule has 0 aliphatic heterocycles. The number of rotatable bonds is 6. The Labute approximate surface area is 155 Å². The monoisotopic (exact) mass is 363 g/mol. The number of hydrogen-bond acceptors (Lipinski definition) is 5. The fraction of sp³-hybridized carbons (Fsp3) is 0.550. The molecule has 0 heterocycles. The van der Waals surface area contributed by atoms with Crippen LogP contribution in [0.1, 0.15) is 75.6 Å². The van der Waals surface area contributed by atoms with E-state index in [4.69, 9.17) is 9.57 Å². The first-order chi connectivity index (χ1) is 11.8. The van der Waals surface area contributed by atoms with Gasteiger partial charge in [0.2, 0.25) is 0 Å². The summed E-state index contributed by atoms with van der Waals surface area (Å²) < 4.78 is 5.25. The smallest absolute Gasteiger partial charge is 0.338 e. The van der Waals surface area contributed by atoms with Crippen molar-refractivity contribution in [2.75, 3.05) is 0 Å². The molecule has 0 fully saturated rings. The van der Waals surface area contributed by atoms with Gasteiger partial charge in [0.15, 0.2) is 11.9 Å². The van der Waals surface area contributed by atoms with Crippen molar-refractivity contribution < 1.29 is 24.0 Å². The molecule has 0 radical (unpaired) electrons. The molecule has 1 amide bonds. The molecule has 1 aromatic rings. The third kappa shape index (κ3) is 6.59. The van der Waals surface area contributed by atoms with Gasteiger partial charge in [0.05, 0.1) is 0 Å². The summed E-state index contributed by atoms with van der Waals surface area (Å²) in [6.45, 7) is 12.6. The van der Waals surface area contributed by atoms with Crippen LogP contribution >= 0.6 is 0 Å². The molecule has 0 aliphatic carbocycles. The van der Waals surface area contributed by atoms with E-state index >= 15 is 0 Å². The van der Waals surface area contributed by atoms with Crippen LogP contribution in [0.4, 0.5) is 0 Å². The highest BCUT2D eigenvalue weighted by molar-refractivity contribution is 6.01. The van der Waals surface area contributed by atoms with E-state index in [0.29, 0.717) is 17.5 Å². The van der Waals surface area contributed by atoms with Gasteiger partial charge in [-0.1, -0.05) is 39.8 Å². The van der Waals surface area contributed by atoms with Gasteiger partial charge in [0, 0.05) is 16.5 Å². The third-order valence-corrected chi connectivity index (χ3v) is 3.42. The van der Waals surface area contributed by atoms with Crippen molar-refractivity contribution >= 4 is 17.7 Å². The van der Waals surface area contributed by atoms with Gasteiger partial charge in [0.25, 0.3) is 5.91 Å². The molecule has 1 aromatic carbocycles. The highest BCUT2D eigenvalue weighted by atomic mass is 16.7. The zero-order chi connectivity index (χ0) is 20.1. The summed E-state index contributed by atoms with van der Waals surface area (Å²) in [5, 5.41) is 0. The Balaban J connectivity index is 2.70. The van der Waals surface area contributed by atoms with Gasteiger partial charge in [-0.15, -0.1) is 0 Å². The lowest BCUT2D eigenvalue weighted by Crippen LogP contribution is -2.38. The first-order valence-electron chi connectivity index (χ1n) is 8.69. The van der Waals surface area contributed by atoms with E-state index in [0.717, 1.165) is 0 Å². The normalized spacial score (nSPS) is 13.0. The highest BCUT2D eigenvalue weighted by Crippen LogP contribution is 2.21. The van der Waals surface area contributed by atoms with Crippen molar-refractivity contribution in [2.24, 2.45) is 5.41 Å². The van der Waals surface area contributed by atoms with Crippen LogP contribution < -0.4 is 5.48 Å². The summed E-state index contributed by atoms with van der Waals surface area (Å²) in [6, 6.07) is 6.31. The van der Waals surface area contributed by atoms with E-state index in [2.05, 4.69) is 5.48 Å². The number of nitrogens with one attached hydrogen (secondary N) is 1. The lowest BCUT2D eigenvalue weighted by atomic mass is 9.86. The zero-order valence-electron chi connectivity index (χ0n) is 16.6. The number of carbonyl (C=O) groups excluding carboxylic acids is 3. The number of hydroxylamine groups is 1. The second kappa shape index (κ2) is 8.45. The van der Waals surface area contributed by atoms with E-state index < -0.39 is 29.0 Å². The van der Waals surface area contributed by atoms with Gasteiger partial charge in [-0.2, -0.15) is 0 Å². The maximum atomic E-state index is 12.2. The minimum Gasteiger partial charge on any atom is -0.458 e. The Bertz CT molecular complexity index is 650. The van der Waals surface area contributed by atoms with Crippen LogP contribution in [0.3, 0.4) is 0 Å². The summed E-state index contributed by atoms with van der Waals surface area (Å²) in [4.78, 5) is 41.6. The van der Waals surface area contributed by atoms with E-state index in [-0.39, 0.29) is 5.78 Å². The van der Waals surface area contributed by atoms with Crippen LogP contribution in [0, 0.1) is 5.41 Å². The summed E-state index contributed by atoms with van der Waals surface area (Å²) in [5.41, 5.74) is 2.01. The molecule has 0 spiro atoms. The van der Waals surface area contributed by atoms with Crippen molar-refractivity contribution in [1.82, 2.24) is 5.48 Å². The summed E-state index contributed by atoms with van der Waals surface area (Å²) in [6.07, 6.45) is -0.534. The molecule has 6 nitrogen and oxygen atoms in total. The Morgan fingerprint density at radius 2 is 1.46 bits per heavy atom. The molecule has 0 saturated carbocycles. The Morgan fingerprint density at radius 1 is 0.962 bits per heavy atom. The maximum absolute atomic E-state index is 12.2. The standard InChI is InChI=1S/C20H29NO5/c1-8-15(18(24)25-20(5,6)7)26-21-17(23)14-11-9-13(10-12-14)16(22)19(2,3)4/h9-12,15H,8H2,1-7H3,(H,21,23). The molecule has 6 heteroatoms. The molecule has 26 heavy (non-hydrogen) atoms. The first kappa shape index (κ1) is 21.8. The molecule has 0 aliphatic rings. The quantitative estimate of drug-likeness (QED) is 0.473. The van der Waals surface area contributed by atoms with Gasteiger partial charge in [-0.3, -0.25) is 14.4 Å². The largest absolute Gasteiger partial charge is 0.458 e.